The molecule has 19 heavy (non-hydrogen) atoms. The van der Waals surface area contributed by atoms with Gasteiger partial charge in [0.15, 0.2) is 0 Å². The lowest BCUT2D eigenvalue weighted by molar-refractivity contribution is 0.628. The lowest BCUT2D eigenvalue weighted by Crippen LogP contribution is -2.15. The maximum absolute atomic E-state index is 13.5. The van der Waals surface area contributed by atoms with E-state index < -0.39 is 0 Å². The first-order chi connectivity index (χ1) is 9.19. The highest BCUT2D eigenvalue weighted by Gasteiger charge is 2.22. The summed E-state index contributed by atoms with van der Waals surface area (Å²) in [5, 5.41) is 0.811. The molecule has 0 fully saturated rings. The molecule has 0 aromatic heterocycles. The zero-order valence-corrected chi connectivity index (χ0v) is 12.4. The molecule has 0 aliphatic carbocycles. The summed E-state index contributed by atoms with van der Waals surface area (Å²) < 4.78 is 13.5. The van der Waals surface area contributed by atoms with E-state index >= 15 is 0 Å². The Balaban J connectivity index is 2.08. The minimum Gasteiger partial charge on any atom is -0.341 e. The van der Waals surface area contributed by atoms with Gasteiger partial charge >= 0.3 is 0 Å². The number of aryl methyl sites for hydroxylation is 1. The summed E-state index contributed by atoms with van der Waals surface area (Å²) in [7, 11) is 0. The van der Waals surface area contributed by atoms with Crippen LogP contribution in [-0.2, 0) is 11.8 Å². The first kappa shape index (κ1) is 12.7. The summed E-state index contributed by atoms with van der Waals surface area (Å²) in [5.41, 5.74) is 5.90. The molecule has 0 amide bonds. The second-order valence-corrected chi connectivity index (χ2v) is 5.50. The first-order valence-corrected chi connectivity index (χ1v) is 7.52. The van der Waals surface area contributed by atoms with Gasteiger partial charge in [-0.1, -0.05) is 39.7 Å². The Kier molecular flexibility index (Phi) is 3.31. The largest absolute Gasteiger partial charge is 0.341 e. The van der Waals surface area contributed by atoms with Crippen LogP contribution in [-0.4, -0.2) is 6.54 Å². The molecule has 3 heteroatoms. The summed E-state index contributed by atoms with van der Waals surface area (Å²) >= 11 is 3.54. The molecular formula is C16H15BrFN. The maximum atomic E-state index is 13.5. The van der Waals surface area contributed by atoms with E-state index in [9.17, 15) is 4.39 Å². The van der Waals surface area contributed by atoms with Gasteiger partial charge in [0.25, 0.3) is 0 Å². The lowest BCUT2D eigenvalue weighted by atomic mass is 10.1. The minimum atomic E-state index is -0.168. The van der Waals surface area contributed by atoms with E-state index in [1.807, 2.05) is 6.07 Å². The predicted molar refractivity (Wildman–Crippen MR) is 80.9 cm³/mol. The number of hydrogen-bond donors (Lipinski definition) is 0. The summed E-state index contributed by atoms with van der Waals surface area (Å²) in [6.45, 7) is 3.01. The monoisotopic (exact) mass is 319 g/mol. The van der Waals surface area contributed by atoms with E-state index in [0.29, 0.717) is 0 Å². The van der Waals surface area contributed by atoms with Crippen LogP contribution < -0.4 is 4.90 Å². The number of alkyl halides is 1. The molecule has 3 rings (SSSR count). The molecule has 1 nitrogen and oxygen atoms in total. The Hall–Kier alpha value is -1.35. The van der Waals surface area contributed by atoms with Gasteiger partial charge in [0.1, 0.15) is 5.82 Å². The minimum absolute atomic E-state index is 0.168. The third kappa shape index (κ3) is 2.27. The van der Waals surface area contributed by atoms with Crippen LogP contribution in [0.25, 0.3) is 0 Å². The van der Waals surface area contributed by atoms with Crippen molar-refractivity contribution in [2.45, 2.75) is 18.7 Å². The molecule has 98 valence electrons. The average Bonchev–Trinajstić information content (AvgIpc) is 2.81. The number of rotatable bonds is 2. The molecule has 1 heterocycles. The third-order valence-corrected chi connectivity index (χ3v) is 4.22. The predicted octanol–water partition coefficient (Wildman–Crippen LogP) is 4.72. The molecular weight excluding hydrogens is 305 g/mol. The van der Waals surface area contributed by atoms with Crippen molar-refractivity contribution in [3.63, 3.8) is 0 Å². The van der Waals surface area contributed by atoms with Gasteiger partial charge in [-0.15, -0.1) is 0 Å². The number of anilines is 2. The first-order valence-electron chi connectivity index (χ1n) is 6.40. The fourth-order valence-electron chi connectivity index (χ4n) is 2.69. The van der Waals surface area contributed by atoms with E-state index in [0.717, 1.165) is 24.0 Å². The van der Waals surface area contributed by atoms with Gasteiger partial charge in [-0.25, -0.2) is 4.39 Å². The van der Waals surface area contributed by atoms with Gasteiger partial charge in [0.2, 0.25) is 0 Å². The van der Waals surface area contributed by atoms with Gasteiger partial charge in [-0.2, -0.15) is 0 Å². The third-order valence-electron chi connectivity index (χ3n) is 3.61. The Morgan fingerprint density at radius 1 is 1.16 bits per heavy atom. The van der Waals surface area contributed by atoms with Crippen LogP contribution in [0.15, 0.2) is 36.4 Å². The van der Waals surface area contributed by atoms with E-state index in [-0.39, 0.29) is 5.82 Å². The molecule has 1 aliphatic heterocycles. The Morgan fingerprint density at radius 2 is 2.00 bits per heavy atom. The highest BCUT2D eigenvalue weighted by Crippen LogP contribution is 2.37. The molecule has 0 N–H and O–H groups in total. The fraction of sp³-hybridized carbons (Fsp3) is 0.250. The van der Waals surface area contributed by atoms with Crippen molar-refractivity contribution in [3.05, 3.63) is 58.9 Å². The molecule has 0 saturated carbocycles. The van der Waals surface area contributed by atoms with Gasteiger partial charge in [-0.05, 0) is 42.7 Å². The zero-order valence-electron chi connectivity index (χ0n) is 10.8. The van der Waals surface area contributed by atoms with Crippen molar-refractivity contribution in [1.29, 1.82) is 0 Å². The van der Waals surface area contributed by atoms with Gasteiger partial charge < -0.3 is 4.90 Å². The number of benzene rings is 2. The molecule has 0 unspecified atom stereocenters. The summed E-state index contributed by atoms with van der Waals surface area (Å²) in [6, 6.07) is 11.5. The SMILES string of the molecule is Cc1ccc(N2CCc3ccc(F)cc32)c(CBr)c1. The highest BCUT2D eigenvalue weighted by atomic mass is 79.9. The quantitative estimate of drug-likeness (QED) is 0.724. The number of fused-ring (bicyclic) bond motifs is 1. The Morgan fingerprint density at radius 3 is 2.79 bits per heavy atom. The van der Waals surface area contributed by atoms with Crippen molar-refractivity contribution < 1.29 is 4.39 Å². The normalized spacial score (nSPS) is 13.7. The molecule has 2 aromatic rings. The van der Waals surface area contributed by atoms with Crippen molar-refractivity contribution in [3.8, 4) is 0 Å². The van der Waals surface area contributed by atoms with Crippen LogP contribution in [0.3, 0.4) is 0 Å². The average molecular weight is 320 g/mol. The van der Waals surface area contributed by atoms with E-state index in [2.05, 4.69) is 46.0 Å². The molecule has 0 saturated heterocycles. The van der Waals surface area contributed by atoms with Crippen molar-refractivity contribution in [2.24, 2.45) is 0 Å². The van der Waals surface area contributed by atoms with Gasteiger partial charge in [0.05, 0.1) is 0 Å². The number of nitrogens with zero attached hydrogens (tertiary/aromatic N) is 1. The van der Waals surface area contributed by atoms with E-state index in [4.69, 9.17) is 0 Å². The molecule has 2 aromatic carbocycles. The van der Waals surface area contributed by atoms with Crippen LogP contribution in [0.1, 0.15) is 16.7 Å². The van der Waals surface area contributed by atoms with Crippen LogP contribution >= 0.6 is 15.9 Å². The van der Waals surface area contributed by atoms with Crippen LogP contribution in [0.4, 0.5) is 15.8 Å². The summed E-state index contributed by atoms with van der Waals surface area (Å²) in [4.78, 5) is 2.22. The maximum Gasteiger partial charge on any atom is 0.125 e. The van der Waals surface area contributed by atoms with Gasteiger partial charge in [-0.3, -0.25) is 0 Å². The highest BCUT2D eigenvalue weighted by molar-refractivity contribution is 9.08. The van der Waals surface area contributed by atoms with E-state index in [1.54, 1.807) is 12.1 Å². The number of hydrogen-bond acceptors (Lipinski definition) is 1. The topological polar surface area (TPSA) is 3.24 Å². The summed E-state index contributed by atoms with van der Waals surface area (Å²) in [5.74, 6) is -0.168. The summed E-state index contributed by atoms with van der Waals surface area (Å²) in [6.07, 6.45) is 0.977. The van der Waals surface area contributed by atoms with Crippen molar-refractivity contribution >= 4 is 27.3 Å². The van der Waals surface area contributed by atoms with Crippen LogP contribution in [0.2, 0.25) is 0 Å². The number of halogens is 2. The molecule has 0 atom stereocenters. The fourth-order valence-corrected chi connectivity index (χ4v) is 3.14. The van der Waals surface area contributed by atoms with E-state index in [1.165, 1.54) is 22.4 Å². The van der Waals surface area contributed by atoms with Crippen LogP contribution in [0, 0.1) is 12.7 Å². The van der Waals surface area contributed by atoms with Crippen molar-refractivity contribution in [2.75, 3.05) is 11.4 Å². The second-order valence-electron chi connectivity index (χ2n) is 4.94. The lowest BCUT2D eigenvalue weighted by Gasteiger charge is -2.22. The molecule has 0 radical (unpaired) electrons. The standard InChI is InChI=1S/C16H15BrFN/c1-11-2-5-15(13(8-11)10-17)19-7-6-12-3-4-14(18)9-16(12)19/h2-5,8-9H,6-7,10H2,1H3. The molecule has 0 spiro atoms. The van der Waals surface area contributed by atoms with Crippen molar-refractivity contribution in [1.82, 2.24) is 0 Å². The smallest absolute Gasteiger partial charge is 0.125 e. The zero-order chi connectivity index (χ0) is 13.4. The molecule has 0 bridgehead atoms. The Bertz CT molecular complexity index is 624. The second kappa shape index (κ2) is 4.97. The molecule has 1 aliphatic rings. The van der Waals surface area contributed by atoms with Crippen LogP contribution in [0.5, 0.6) is 0 Å². The van der Waals surface area contributed by atoms with Gasteiger partial charge in [0, 0.05) is 23.2 Å². The Labute approximate surface area is 121 Å².